The molecule has 3 N–H and O–H groups in total. The highest BCUT2D eigenvalue weighted by atomic mass is 35.5. The lowest BCUT2D eigenvalue weighted by Crippen LogP contribution is -2.49. The highest BCUT2D eigenvalue weighted by molar-refractivity contribution is 8.14. The number of ether oxygens (including phenoxy) is 1. The minimum atomic E-state index is -0.365. The van der Waals surface area contributed by atoms with Crippen LogP contribution in [0.15, 0.2) is 53.5 Å². The third kappa shape index (κ3) is 5.07. The number of amidine groups is 1. The summed E-state index contributed by atoms with van der Waals surface area (Å²) in [6, 6.07) is 15.1. The van der Waals surface area contributed by atoms with Crippen molar-refractivity contribution in [2.45, 2.75) is 12.6 Å². The predicted molar refractivity (Wildman–Crippen MR) is 127 cm³/mol. The van der Waals surface area contributed by atoms with Crippen LogP contribution in [-0.2, 0) is 16.0 Å². The Morgan fingerprint density at radius 2 is 2.12 bits per heavy atom. The quantitative estimate of drug-likeness (QED) is 0.570. The second-order valence-corrected chi connectivity index (χ2v) is 8.70. The van der Waals surface area contributed by atoms with Crippen LogP contribution in [0.2, 0.25) is 5.02 Å². The SMILES string of the molecule is COc1ccc(N2C(=O)C3CNNC3N=C2SCC(=O)NCCc2ccccc2)cc1Cl. The van der Waals surface area contributed by atoms with Gasteiger partial charge in [0.05, 0.1) is 29.5 Å². The van der Waals surface area contributed by atoms with E-state index in [-0.39, 0.29) is 29.7 Å². The third-order valence-electron chi connectivity index (χ3n) is 5.24. The van der Waals surface area contributed by atoms with Crippen LogP contribution in [0.4, 0.5) is 5.69 Å². The van der Waals surface area contributed by atoms with Gasteiger partial charge in [-0.3, -0.25) is 19.9 Å². The van der Waals surface area contributed by atoms with E-state index in [1.807, 2.05) is 30.3 Å². The second kappa shape index (κ2) is 10.4. The Morgan fingerprint density at radius 3 is 2.88 bits per heavy atom. The van der Waals surface area contributed by atoms with Crippen molar-refractivity contribution in [3.8, 4) is 5.75 Å². The number of nitrogens with one attached hydrogen (secondary N) is 3. The molecular formula is C22H24ClN5O3S. The third-order valence-corrected chi connectivity index (χ3v) is 6.48. The Kier molecular flexibility index (Phi) is 7.31. The molecule has 8 nitrogen and oxygen atoms in total. The fourth-order valence-electron chi connectivity index (χ4n) is 3.57. The van der Waals surface area contributed by atoms with Crippen LogP contribution in [0.1, 0.15) is 5.56 Å². The molecule has 4 rings (SSSR count). The Morgan fingerprint density at radius 1 is 1.31 bits per heavy atom. The van der Waals surface area contributed by atoms with Gasteiger partial charge in [-0.1, -0.05) is 53.7 Å². The molecule has 2 aliphatic rings. The van der Waals surface area contributed by atoms with E-state index in [0.717, 1.165) is 12.0 Å². The number of fused-ring (bicyclic) bond motifs is 1. The number of methoxy groups -OCH3 is 1. The van der Waals surface area contributed by atoms with Gasteiger partial charge in [0.1, 0.15) is 11.9 Å². The van der Waals surface area contributed by atoms with E-state index in [2.05, 4.69) is 21.2 Å². The molecule has 2 amide bonds. The fraction of sp³-hybridized carbons (Fsp3) is 0.318. The Hall–Kier alpha value is -2.59. The number of aliphatic imine (C=N–C) groups is 1. The van der Waals surface area contributed by atoms with Crippen LogP contribution in [-0.4, -0.2) is 49.1 Å². The van der Waals surface area contributed by atoms with Gasteiger partial charge in [-0.25, -0.2) is 10.4 Å². The molecule has 32 heavy (non-hydrogen) atoms. The number of hydrogen-bond donors (Lipinski definition) is 3. The molecule has 0 radical (unpaired) electrons. The molecule has 1 saturated heterocycles. The van der Waals surface area contributed by atoms with Gasteiger partial charge < -0.3 is 10.1 Å². The zero-order valence-electron chi connectivity index (χ0n) is 17.5. The van der Waals surface area contributed by atoms with Crippen molar-refractivity contribution in [3.63, 3.8) is 0 Å². The molecule has 2 heterocycles. The summed E-state index contributed by atoms with van der Waals surface area (Å²) in [5, 5.41) is 3.77. The minimum Gasteiger partial charge on any atom is -0.495 e. The molecular weight excluding hydrogens is 450 g/mol. The number of nitrogens with zero attached hydrogens (tertiary/aromatic N) is 2. The summed E-state index contributed by atoms with van der Waals surface area (Å²) in [4.78, 5) is 31.9. The first-order chi connectivity index (χ1) is 15.6. The molecule has 2 atom stereocenters. The van der Waals surface area contributed by atoms with Crippen molar-refractivity contribution in [1.29, 1.82) is 0 Å². The lowest BCUT2D eigenvalue weighted by molar-refractivity contribution is -0.121. The molecule has 0 spiro atoms. The van der Waals surface area contributed by atoms with Crippen molar-refractivity contribution >= 4 is 46.0 Å². The van der Waals surface area contributed by atoms with Crippen LogP contribution < -0.4 is 25.8 Å². The Labute approximate surface area is 195 Å². The minimum absolute atomic E-state index is 0.101. The van der Waals surface area contributed by atoms with Crippen LogP contribution >= 0.6 is 23.4 Å². The number of thioether (sulfide) groups is 1. The van der Waals surface area contributed by atoms with Gasteiger partial charge in [0, 0.05) is 13.1 Å². The van der Waals surface area contributed by atoms with E-state index in [0.29, 0.717) is 34.7 Å². The van der Waals surface area contributed by atoms with Gasteiger partial charge in [0.15, 0.2) is 5.17 Å². The Bertz CT molecular complexity index is 1020. The smallest absolute Gasteiger partial charge is 0.241 e. The molecule has 2 aromatic rings. The molecule has 0 saturated carbocycles. The van der Waals surface area contributed by atoms with Gasteiger partial charge in [-0.2, -0.15) is 0 Å². The molecule has 0 aliphatic carbocycles. The van der Waals surface area contributed by atoms with Crippen molar-refractivity contribution in [1.82, 2.24) is 16.2 Å². The number of carbonyl (C=O) groups is 2. The second-order valence-electron chi connectivity index (χ2n) is 7.35. The molecule has 10 heteroatoms. The first kappa shape index (κ1) is 22.6. The molecule has 1 fully saturated rings. The average Bonchev–Trinajstić information content (AvgIpc) is 3.27. The number of halogens is 1. The first-order valence-electron chi connectivity index (χ1n) is 10.2. The lowest BCUT2D eigenvalue weighted by Gasteiger charge is -2.32. The molecule has 0 aromatic heterocycles. The lowest BCUT2D eigenvalue weighted by atomic mass is 10.0. The summed E-state index contributed by atoms with van der Waals surface area (Å²) in [5.41, 5.74) is 7.75. The summed E-state index contributed by atoms with van der Waals surface area (Å²) < 4.78 is 5.21. The number of amides is 2. The summed E-state index contributed by atoms with van der Waals surface area (Å²) >= 11 is 7.52. The number of benzene rings is 2. The number of rotatable bonds is 7. The summed E-state index contributed by atoms with van der Waals surface area (Å²) in [5.74, 6) is 0.112. The number of hydrogen-bond acceptors (Lipinski definition) is 7. The van der Waals surface area contributed by atoms with Crippen molar-refractivity contribution in [2.75, 3.05) is 30.9 Å². The molecule has 168 valence electrons. The van der Waals surface area contributed by atoms with E-state index in [1.54, 1.807) is 18.2 Å². The zero-order valence-corrected chi connectivity index (χ0v) is 19.1. The maximum atomic E-state index is 13.2. The van der Waals surface area contributed by atoms with Crippen LogP contribution in [0.3, 0.4) is 0 Å². The van der Waals surface area contributed by atoms with Gasteiger partial charge in [0.2, 0.25) is 11.8 Å². The Balaban J connectivity index is 1.44. The zero-order chi connectivity index (χ0) is 22.5. The highest BCUT2D eigenvalue weighted by Crippen LogP contribution is 2.34. The number of anilines is 1. The highest BCUT2D eigenvalue weighted by Gasteiger charge is 2.42. The predicted octanol–water partition coefficient (Wildman–Crippen LogP) is 2.19. The van der Waals surface area contributed by atoms with E-state index < -0.39 is 0 Å². The first-order valence-corrected chi connectivity index (χ1v) is 11.6. The summed E-state index contributed by atoms with van der Waals surface area (Å²) in [6.07, 6.45) is 0.392. The van der Waals surface area contributed by atoms with E-state index >= 15 is 0 Å². The van der Waals surface area contributed by atoms with Crippen molar-refractivity contribution in [2.24, 2.45) is 10.9 Å². The largest absolute Gasteiger partial charge is 0.495 e. The molecule has 2 unspecified atom stereocenters. The standard InChI is InChI=1S/C22H24ClN5O3S/c1-31-18-8-7-15(11-17(18)23)28-21(30)16-12-25-27-20(16)26-22(28)32-13-19(29)24-10-9-14-5-3-2-4-6-14/h2-8,11,16,20,25,27H,9-10,12-13H2,1H3,(H,24,29). The maximum Gasteiger partial charge on any atom is 0.241 e. The van der Waals surface area contributed by atoms with Crippen LogP contribution in [0.5, 0.6) is 5.75 Å². The van der Waals surface area contributed by atoms with Gasteiger partial charge in [-0.15, -0.1) is 0 Å². The summed E-state index contributed by atoms with van der Waals surface area (Å²) in [7, 11) is 1.53. The molecule has 2 aliphatic heterocycles. The van der Waals surface area contributed by atoms with Crippen LogP contribution in [0, 0.1) is 5.92 Å². The van der Waals surface area contributed by atoms with Gasteiger partial charge in [-0.05, 0) is 30.2 Å². The van der Waals surface area contributed by atoms with Crippen molar-refractivity contribution in [3.05, 3.63) is 59.1 Å². The molecule has 0 bridgehead atoms. The van der Waals surface area contributed by atoms with Gasteiger partial charge >= 0.3 is 0 Å². The normalized spacial score (nSPS) is 20.0. The maximum absolute atomic E-state index is 13.2. The number of hydrazine groups is 1. The van der Waals surface area contributed by atoms with Gasteiger partial charge in [0.25, 0.3) is 0 Å². The van der Waals surface area contributed by atoms with E-state index in [9.17, 15) is 9.59 Å². The molecule has 2 aromatic carbocycles. The van der Waals surface area contributed by atoms with E-state index in [4.69, 9.17) is 16.3 Å². The van der Waals surface area contributed by atoms with Crippen LogP contribution in [0.25, 0.3) is 0 Å². The van der Waals surface area contributed by atoms with E-state index in [1.165, 1.54) is 23.8 Å². The van der Waals surface area contributed by atoms with Crippen molar-refractivity contribution < 1.29 is 14.3 Å². The average molecular weight is 474 g/mol. The fourth-order valence-corrected chi connectivity index (χ4v) is 4.70. The number of carbonyl (C=O) groups excluding carboxylic acids is 2. The topological polar surface area (TPSA) is 95.1 Å². The monoisotopic (exact) mass is 473 g/mol. The summed E-state index contributed by atoms with van der Waals surface area (Å²) in [6.45, 7) is 1.02.